The first-order valence-electron chi connectivity index (χ1n) is 6.31. The first-order valence-corrected chi connectivity index (χ1v) is 6.31. The molecule has 0 saturated carbocycles. The molecule has 5 heteroatoms. The third-order valence-corrected chi connectivity index (χ3v) is 3.43. The molecule has 0 atom stereocenters. The molecule has 2 heterocycles. The van der Waals surface area contributed by atoms with Gasteiger partial charge in [0.15, 0.2) is 0 Å². The summed E-state index contributed by atoms with van der Waals surface area (Å²) >= 11 is 0. The van der Waals surface area contributed by atoms with Gasteiger partial charge in [0.2, 0.25) is 0 Å². The molecule has 2 aromatic rings. The largest absolute Gasteiger partial charge is 0.328 e. The summed E-state index contributed by atoms with van der Waals surface area (Å²) in [4.78, 5) is 8.86. The number of aryl methyl sites for hydroxylation is 1. The Hall–Kier alpha value is -1.88. The second kappa shape index (κ2) is 4.78. The highest BCUT2D eigenvalue weighted by Crippen LogP contribution is 2.20. The molecule has 1 aliphatic rings. The van der Waals surface area contributed by atoms with Crippen LogP contribution in [0.2, 0.25) is 0 Å². The third-order valence-electron chi connectivity index (χ3n) is 3.43. The maximum Gasteiger partial charge on any atom is 0.0955 e. The highest BCUT2D eigenvalue weighted by atomic mass is 15.2. The summed E-state index contributed by atoms with van der Waals surface area (Å²) in [5, 5.41) is 0. The van der Waals surface area contributed by atoms with Gasteiger partial charge in [-0.3, -0.25) is 10.8 Å². The zero-order valence-electron chi connectivity index (χ0n) is 10.3. The molecule has 0 radical (unpaired) electrons. The predicted octanol–water partition coefficient (Wildman–Crippen LogP) is 1.49. The maximum atomic E-state index is 5.41. The normalized spacial score (nSPS) is 14.3. The second-order valence-corrected chi connectivity index (χ2v) is 4.65. The van der Waals surface area contributed by atoms with Crippen molar-refractivity contribution in [2.24, 2.45) is 5.84 Å². The summed E-state index contributed by atoms with van der Waals surface area (Å²) in [5.74, 6) is 5.41. The number of nitrogens with zero attached hydrogens (tertiary/aromatic N) is 3. The van der Waals surface area contributed by atoms with Crippen molar-refractivity contribution in [3.05, 3.63) is 41.7 Å². The predicted molar refractivity (Wildman–Crippen MR) is 70.0 cm³/mol. The first-order chi connectivity index (χ1) is 8.86. The third kappa shape index (κ3) is 2.09. The summed E-state index contributed by atoms with van der Waals surface area (Å²) in [5.41, 5.74) is 7.15. The van der Waals surface area contributed by atoms with E-state index in [9.17, 15) is 0 Å². The Kier molecular flexibility index (Phi) is 2.98. The van der Waals surface area contributed by atoms with Crippen LogP contribution in [0.5, 0.6) is 0 Å². The highest BCUT2D eigenvalue weighted by molar-refractivity contribution is 5.41. The molecule has 0 fully saturated rings. The van der Waals surface area contributed by atoms with Gasteiger partial charge in [-0.25, -0.2) is 4.98 Å². The van der Waals surface area contributed by atoms with Crippen LogP contribution in [-0.4, -0.2) is 14.5 Å². The molecular formula is C13H17N5. The van der Waals surface area contributed by atoms with Gasteiger partial charge in [-0.05, 0) is 37.8 Å². The van der Waals surface area contributed by atoms with Crippen LogP contribution in [0, 0.1) is 0 Å². The van der Waals surface area contributed by atoms with Crippen molar-refractivity contribution in [2.45, 2.75) is 32.2 Å². The molecule has 0 bridgehead atoms. The number of anilines is 1. The molecule has 0 aromatic carbocycles. The Bertz CT molecular complexity index is 546. The Balaban J connectivity index is 1.85. The number of hydrogen-bond donors (Lipinski definition) is 2. The number of hydrazine groups is 1. The molecular weight excluding hydrogens is 226 g/mol. The van der Waals surface area contributed by atoms with Gasteiger partial charge in [-0.2, -0.15) is 0 Å². The lowest BCUT2D eigenvalue weighted by Gasteiger charge is -2.14. The zero-order valence-corrected chi connectivity index (χ0v) is 10.3. The molecule has 3 rings (SSSR count). The monoisotopic (exact) mass is 243 g/mol. The molecule has 0 aliphatic heterocycles. The maximum absolute atomic E-state index is 5.41. The summed E-state index contributed by atoms with van der Waals surface area (Å²) in [6, 6.07) is 3.82. The van der Waals surface area contributed by atoms with Gasteiger partial charge in [0.25, 0.3) is 0 Å². The van der Waals surface area contributed by atoms with Crippen LogP contribution in [0.4, 0.5) is 5.69 Å². The van der Waals surface area contributed by atoms with Crippen LogP contribution in [0.25, 0.3) is 0 Å². The summed E-state index contributed by atoms with van der Waals surface area (Å²) in [6.07, 6.45) is 8.46. The fourth-order valence-electron chi connectivity index (χ4n) is 2.50. The lowest BCUT2D eigenvalue weighted by Crippen LogP contribution is -2.11. The van der Waals surface area contributed by atoms with Gasteiger partial charge in [-0.15, -0.1) is 0 Å². The van der Waals surface area contributed by atoms with E-state index in [4.69, 9.17) is 5.84 Å². The van der Waals surface area contributed by atoms with E-state index >= 15 is 0 Å². The molecule has 3 N–H and O–H groups in total. The van der Waals surface area contributed by atoms with Crippen molar-refractivity contribution < 1.29 is 0 Å². The van der Waals surface area contributed by atoms with E-state index < -0.39 is 0 Å². The van der Waals surface area contributed by atoms with Gasteiger partial charge < -0.3 is 9.99 Å². The molecule has 5 nitrogen and oxygen atoms in total. The molecule has 0 spiro atoms. The van der Waals surface area contributed by atoms with Crippen molar-refractivity contribution in [2.75, 3.05) is 5.43 Å². The lowest BCUT2D eigenvalue weighted by atomic mass is 10.0. The zero-order chi connectivity index (χ0) is 12.4. The van der Waals surface area contributed by atoms with Crippen molar-refractivity contribution in [1.82, 2.24) is 14.5 Å². The Morgan fingerprint density at radius 1 is 1.28 bits per heavy atom. The number of imidazole rings is 1. The van der Waals surface area contributed by atoms with Crippen LogP contribution in [0.1, 0.15) is 29.9 Å². The van der Waals surface area contributed by atoms with Crippen LogP contribution in [0.15, 0.2) is 24.7 Å². The minimum Gasteiger partial charge on any atom is -0.328 e. The lowest BCUT2D eigenvalue weighted by molar-refractivity contribution is 0.625. The molecule has 94 valence electrons. The quantitative estimate of drug-likeness (QED) is 0.633. The molecule has 0 amide bonds. The average molecular weight is 243 g/mol. The van der Waals surface area contributed by atoms with E-state index in [1.807, 2.05) is 18.5 Å². The number of fused-ring (bicyclic) bond motifs is 1. The van der Waals surface area contributed by atoms with Crippen molar-refractivity contribution >= 4 is 5.69 Å². The Morgan fingerprint density at radius 2 is 2.17 bits per heavy atom. The van der Waals surface area contributed by atoms with E-state index in [-0.39, 0.29) is 0 Å². The van der Waals surface area contributed by atoms with Gasteiger partial charge in [0.05, 0.1) is 29.9 Å². The van der Waals surface area contributed by atoms with Gasteiger partial charge in [0.1, 0.15) is 0 Å². The van der Waals surface area contributed by atoms with E-state index in [0.717, 1.165) is 30.8 Å². The van der Waals surface area contributed by atoms with Crippen molar-refractivity contribution in [1.29, 1.82) is 0 Å². The minimum absolute atomic E-state index is 0.762. The number of hydrogen-bond acceptors (Lipinski definition) is 4. The van der Waals surface area contributed by atoms with Crippen LogP contribution >= 0.6 is 0 Å². The standard InChI is InChI=1S/C13H17N5/c14-17-10-5-6-15-11(7-10)8-18-9-16-12-3-1-2-4-13(12)18/h5-7,9H,1-4,8,14H2,(H,15,17). The number of nitrogens with one attached hydrogen (secondary N) is 1. The molecule has 0 saturated heterocycles. The summed E-state index contributed by atoms with van der Waals surface area (Å²) < 4.78 is 2.21. The molecule has 18 heavy (non-hydrogen) atoms. The van der Waals surface area contributed by atoms with Gasteiger partial charge in [0, 0.05) is 11.9 Å². The first kappa shape index (κ1) is 11.2. The van der Waals surface area contributed by atoms with E-state index in [2.05, 4.69) is 20.0 Å². The van der Waals surface area contributed by atoms with Crippen LogP contribution < -0.4 is 11.3 Å². The van der Waals surface area contributed by atoms with Gasteiger partial charge >= 0.3 is 0 Å². The van der Waals surface area contributed by atoms with Crippen molar-refractivity contribution in [3.63, 3.8) is 0 Å². The number of nitrogens with two attached hydrogens (primary N) is 1. The van der Waals surface area contributed by atoms with Crippen LogP contribution in [-0.2, 0) is 19.4 Å². The fraction of sp³-hybridized carbons (Fsp3) is 0.385. The second-order valence-electron chi connectivity index (χ2n) is 4.65. The molecule has 2 aromatic heterocycles. The average Bonchev–Trinajstić information content (AvgIpc) is 2.83. The molecule has 1 aliphatic carbocycles. The summed E-state index contributed by atoms with van der Waals surface area (Å²) in [7, 11) is 0. The van der Waals surface area contributed by atoms with Crippen LogP contribution in [0.3, 0.4) is 0 Å². The number of rotatable bonds is 3. The fourth-order valence-corrected chi connectivity index (χ4v) is 2.50. The summed E-state index contributed by atoms with van der Waals surface area (Å²) in [6.45, 7) is 0.762. The molecule has 0 unspecified atom stereocenters. The number of pyridine rings is 1. The number of nitrogen functional groups attached to an aromatic ring is 1. The SMILES string of the molecule is NNc1ccnc(Cn2cnc3c2CCCC3)c1. The minimum atomic E-state index is 0.762. The Morgan fingerprint density at radius 3 is 3.06 bits per heavy atom. The smallest absolute Gasteiger partial charge is 0.0955 e. The van der Waals surface area contributed by atoms with E-state index in [1.54, 1.807) is 6.20 Å². The topological polar surface area (TPSA) is 68.8 Å². The Labute approximate surface area is 106 Å². The van der Waals surface area contributed by atoms with E-state index in [1.165, 1.54) is 24.2 Å². The van der Waals surface area contributed by atoms with Crippen molar-refractivity contribution in [3.8, 4) is 0 Å². The highest BCUT2D eigenvalue weighted by Gasteiger charge is 2.15. The number of aromatic nitrogens is 3. The van der Waals surface area contributed by atoms with Gasteiger partial charge in [-0.1, -0.05) is 0 Å². The van der Waals surface area contributed by atoms with E-state index in [0.29, 0.717) is 0 Å².